The van der Waals surface area contributed by atoms with Crippen molar-refractivity contribution in [3.8, 4) is 0 Å². The number of carbonyl (C=O) groups excluding carboxylic acids is 3. The maximum Gasteiger partial charge on any atom is 0.408 e. The Bertz CT molecular complexity index is 1780. The summed E-state index contributed by atoms with van der Waals surface area (Å²) in [5.74, 6) is 1.69. The third kappa shape index (κ3) is 6.70. The zero-order valence-electron chi connectivity index (χ0n) is 26.4. The maximum atomic E-state index is 14.2. The minimum atomic E-state index is -1.37. The summed E-state index contributed by atoms with van der Waals surface area (Å²) >= 11 is 0. The molecule has 2 aromatic carbocycles. The summed E-state index contributed by atoms with van der Waals surface area (Å²) in [5, 5.41) is 12.1. The molecule has 0 aliphatic heterocycles. The molecule has 11 heteroatoms. The van der Waals surface area contributed by atoms with Crippen LogP contribution < -0.4 is 21.5 Å². The number of ether oxygens (including phenoxy) is 1. The Balaban J connectivity index is 1.08. The van der Waals surface area contributed by atoms with Crippen LogP contribution >= 0.6 is 0 Å². The highest BCUT2D eigenvalue weighted by Gasteiger charge is 2.50. The summed E-state index contributed by atoms with van der Waals surface area (Å²) in [5.41, 5.74) is 0.807. The van der Waals surface area contributed by atoms with Crippen LogP contribution in [0, 0.1) is 23.7 Å². The summed E-state index contributed by atoms with van der Waals surface area (Å²) in [6.45, 7) is 1.77. The Labute approximate surface area is 272 Å². The van der Waals surface area contributed by atoms with E-state index in [9.17, 15) is 19.2 Å². The Kier molecular flexibility index (Phi) is 8.38. The highest BCUT2D eigenvalue weighted by Crippen LogP contribution is 2.54. The number of carbonyl (C=O) groups is 3. The van der Waals surface area contributed by atoms with E-state index < -0.39 is 29.1 Å². The molecule has 8 rings (SSSR count). The van der Waals surface area contributed by atoms with Gasteiger partial charge in [0.2, 0.25) is 11.8 Å². The van der Waals surface area contributed by atoms with E-state index in [2.05, 4.69) is 26.1 Å². The molecule has 0 spiro atoms. The first-order chi connectivity index (χ1) is 22.7. The van der Waals surface area contributed by atoms with Gasteiger partial charge >= 0.3 is 6.09 Å². The Morgan fingerprint density at radius 3 is 2.38 bits per heavy atom. The lowest BCUT2D eigenvalue weighted by Gasteiger charge is -2.53. The van der Waals surface area contributed by atoms with Crippen LogP contribution in [0.1, 0.15) is 62.0 Å². The van der Waals surface area contributed by atoms with Gasteiger partial charge in [-0.3, -0.25) is 14.4 Å². The summed E-state index contributed by atoms with van der Waals surface area (Å²) in [6.07, 6.45) is 6.99. The highest BCUT2D eigenvalue weighted by molar-refractivity contribution is 5.91. The molecule has 11 nitrogen and oxygen atoms in total. The van der Waals surface area contributed by atoms with Crippen molar-refractivity contribution in [2.75, 3.05) is 6.54 Å². The lowest BCUT2D eigenvalue weighted by atomic mass is 9.55. The van der Waals surface area contributed by atoms with E-state index in [4.69, 9.17) is 9.26 Å². The van der Waals surface area contributed by atoms with Gasteiger partial charge < -0.3 is 30.2 Å². The quantitative estimate of drug-likeness (QED) is 0.162. The standard InChI is InChI=1S/C36H41N5O6/c1-36(18-26-19-37-29-10-6-5-9-28(26)29,40-35(45)46-33-24-12-21-11-22(14-24)15-25(33)13-21)34(44)38-20-30(23-7-3-2-4-8-23)39-31(42)16-27-17-32(43)41-47-27/h2-10,17,19,21-22,24-25,30,33,37H,11-16,18,20H2,1H3,(H,38,44)(H,39,42)(H,40,45)(H,41,43)/t21?,22?,24?,25?,30-,33?,36+/m0/s1. The summed E-state index contributed by atoms with van der Waals surface area (Å²) in [7, 11) is 0. The van der Waals surface area contributed by atoms with Crippen LogP contribution in [-0.4, -0.2) is 46.2 Å². The zero-order chi connectivity index (χ0) is 32.5. The summed E-state index contributed by atoms with van der Waals surface area (Å²) in [6, 6.07) is 17.8. The molecule has 2 atom stereocenters. The van der Waals surface area contributed by atoms with E-state index in [1.807, 2.05) is 60.8 Å². The second kappa shape index (κ2) is 12.8. The van der Waals surface area contributed by atoms with E-state index in [0.717, 1.165) is 59.5 Å². The fraction of sp³-hybridized carbons (Fsp3) is 0.444. The number of H-pyrrole nitrogens is 2. The lowest BCUT2D eigenvalue weighted by Crippen LogP contribution is -2.60. The molecule has 4 bridgehead atoms. The average molecular weight is 640 g/mol. The number of amides is 3. The Morgan fingerprint density at radius 1 is 0.979 bits per heavy atom. The normalized spacial score (nSPS) is 24.7. The first-order valence-electron chi connectivity index (χ1n) is 16.6. The molecule has 4 aliphatic carbocycles. The monoisotopic (exact) mass is 639 g/mol. The number of alkyl carbamates (subject to hydrolysis) is 1. The maximum absolute atomic E-state index is 14.2. The van der Waals surface area contributed by atoms with Crippen LogP contribution in [0.2, 0.25) is 0 Å². The van der Waals surface area contributed by atoms with Crippen molar-refractivity contribution in [3.63, 3.8) is 0 Å². The van der Waals surface area contributed by atoms with E-state index in [-0.39, 0.29) is 37.2 Å². The predicted octanol–water partition coefficient (Wildman–Crippen LogP) is 4.52. The zero-order valence-corrected chi connectivity index (χ0v) is 26.4. The summed E-state index contributed by atoms with van der Waals surface area (Å²) in [4.78, 5) is 55.4. The number of nitrogens with one attached hydrogen (secondary N) is 5. The van der Waals surface area contributed by atoms with E-state index in [0.29, 0.717) is 11.8 Å². The van der Waals surface area contributed by atoms with Gasteiger partial charge in [-0.2, -0.15) is 5.16 Å². The van der Waals surface area contributed by atoms with Gasteiger partial charge in [0, 0.05) is 36.1 Å². The molecule has 4 aromatic rings. The number of aromatic amines is 2. The fourth-order valence-corrected chi connectivity index (χ4v) is 8.43. The number of aromatic nitrogens is 2. The fourth-order valence-electron chi connectivity index (χ4n) is 8.43. The molecular weight excluding hydrogens is 598 g/mol. The number of hydrogen-bond acceptors (Lipinski definition) is 6. The Hall–Kier alpha value is -4.80. The third-order valence-electron chi connectivity index (χ3n) is 10.4. The molecule has 0 radical (unpaired) electrons. The van der Waals surface area contributed by atoms with Crippen LogP contribution in [0.15, 0.2) is 76.2 Å². The van der Waals surface area contributed by atoms with Crippen molar-refractivity contribution in [1.29, 1.82) is 0 Å². The molecule has 0 saturated heterocycles. The van der Waals surface area contributed by atoms with Gasteiger partial charge in [0.1, 0.15) is 17.4 Å². The number of hydrogen-bond donors (Lipinski definition) is 5. The third-order valence-corrected chi connectivity index (χ3v) is 10.4. The Morgan fingerprint density at radius 2 is 1.68 bits per heavy atom. The number of benzene rings is 2. The van der Waals surface area contributed by atoms with Gasteiger partial charge in [0.25, 0.3) is 5.56 Å². The molecule has 2 heterocycles. The van der Waals surface area contributed by atoms with Gasteiger partial charge in [-0.05, 0) is 79.9 Å². The van der Waals surface area contributed by atoms with E-state index in [1.165, 1.54) is 12.5 Å². The van der Waals surface area contributed by atoms with Gasteiger partial charge in [0.15, 0.2) is 0 Å². The van der Waals surface area contributed by atoms with Crippen molar-refractivity contribution in [2.45, 2.75) is 69.6 Å². The molecule has 246 valence electrons. The second-order valence-electron chi connectivity index (χ2n) is 13.9. The minimum absolute atomic E-state index is 0.0570. The van der Waals surface area contributed by atoms with Crippen LogP contribution in [0.5, 0.6) is 0 Å². The van der Waals surface area contributed by atoms with Gasteiger partial charge in [0.05, 0.1) is 12.5 Å². The van der Waals surface area contributed by atoms with E-state index in [1.54, 1.807) is 6.92 Å². The number of rotatable bonds is 11. The molecule has 0 unspecified atom stereocenters. The number of fused-ring (bicyclic) bond motifs is 1. The van der Waals surface area contributed by atoms with Gasteiger partial charge in [-0.1, -0.05) is 48.5 Å². The molecule has 47 heavy (non-hydrogen) atoms. The van der Waals surface area contributed by atoms with Crippen molar-refractivity contribution in [2.24, 2.45) is 23.7 Å². The molecule has 5 N–H and O–H groups in total. The van der Waals surface area contributed by atoms with E-state index >= 15 is 0 Å². The largest absolute Gasteiger partial charge is 0.446 e. The molecule has 4 saturated carbocycles. The minimum Gasteiger partial charge on any atom is -0.446 e. The van der Waals surface area contributed by atoms with Gasteiger partial charge in [-0.25, -0.2) is 4.79 Å². The first-order valence-corrected chi connectivity index (χ1v) is 16.6. The average Bonchev–Trinajstić information content (AvgIpc) is 3.65. The SMILES string of the molecule is C[C@](Cc1c[nH]c2ccccc12)(NC(=O)OC1C2CC3CC(C2)CC1C3)C(=O)NC[C@H](NC(=O)Cc1cc(=O)[nH]o1)c1ccccc1. The van der Waals surface area contributed by atoms with Crippen LogP contribution in [-0.2, 0) is 27.2 Å². The lowest BCUT2D eigenvalue weighted by molar-refractivity contribution is -0.128. The highest BCUT2D eigenvalue weighted by atomic mass is 16.6. The predicted molar refractivity (Wildman–Crippen MR) is 174 cm³/mol. The molecule has 4 aliphatic rings. The van der Waals surface area contributed by atoms with Crippen molar-refractivity contribution in [3.05, 3.63) is 94.1 Å². The first kappa shape index (κ1) is 30.8. The number of para-hydroxylation sites is 1. The van der Waals surface area contributed by atoms with Crippen molar-refractivity contribution in [1.82, 2.24) is 26.1 Å². The van der Waals surface area contributed by atoms with Gasteiger partial charge in [-0.15, -0.1) is 0 Å². The van der Waals surface area contributed by atoms with Crippen molar-refractivity contribution < 1.29 is 23.6 Å². The van der Waals surface area contributed by atoms with Crippen LogP contribution in [0.25, 0.3) is 10.9 Å². The second-order valence-corrected chi connectivity index (χ2v) is 13.9. The van der Waals surface area contributed by atoms with Crippen LogP contribution in [0.3, 0.4) is 0 Å². The molecule has 3 amide bonds. The summed E-state index contributed by atoms with van der Waals surface area (Å²) < 4.78 is 11.2. The topological polar surface area (TPSA) is 158 Å². The smallest absolute Gasteiger partial charge is 0.408 e. The van der Waals surface area contributed by atoms with Crippen LogP contribution in [0.4, 0.5) is 4.79 Å². The molecule has 4 fully saturated rings. The molecule has 2 aromatic heterocycles. The van der Waals surface area contributed by atoms with Crippen molar-refractivity contribution >= 4 is 28.8 Å². The molecular formula is C36H41N5O6.